The van der Waals surface area contributed by atoms with Crippen LogP contribution in [-0.2, 0) is 13.0 Å². The number of carbonyl (C=O) groups excluding carboxylic acids is 1. The number of carbonyl (C=O) groups is 1. The van der Waals surface area contributed by atoms with Crippen molar-refractivity contribution in [1.82, 2.24) is 15.2 Å². The van der Waals surface area contributed by atoms with Crippen LogP contribution in [-0.4, -0.2) is 28.9 Å². The van der Waals surface area contributed by atoms with E-state index >= 15 is 0 Å². The van der Waals surface area contributed by atoms with E-state index in [1.807, 2.05) is 0 Å². The van der Waals surface area contributed by atoms with Gasteiger partial charge in [-0.1, -0.05) is 35.9 Å². The Balaban J connectivity index is 1.54. The van der Waals surface area contributed by atoms with Crippen molar-refractivity contribution in [2.75, 3.05) is 13.1 Å². The molecule has 1 aliphatic heterocycles. The summed E-state index contributed by atoms with van der Waals surface area (Å²) in [6.07, 6.45) is 3.94. The highest BCUT2D eigenvalue weighted by Crippen LogP contribution is 2.29. The van der Waals surface area contributed by atoms with Gasteiger partial charge in [0, 0.05) is 19.6 Å². The zero-order chi connectivity index (χ0) is 20.4. The number of hydrogen-bond acceptors (Lipinski definition) is 4. The summed E-state index contributed by atoms with van der Waals surface area (Å²) in [5.41, 5.74) is 3.79. The van der Waals surface area contributed by atoms with Gasteiger partial charge in [0.1, 0.15) is 11.6 Å². The second-order valence-corrected chi connectivity index (χ2v) is 7.57. The minimum absolute atomic E-state index is 0.0843. The number of nitrogens with zero attached hydrogens (tertiary/aromatic N) is 2. The van der Waals surface area contributed by atoms with Crippen LogP contribution in [0.4, 0.5) is 4.39 Å². The maximum absolute atomic E-state index is 14.1. The van der Waals surface area contributed by atoms with E-state index in [1.165, 1.54) is 41.3 Å². The predicted octanol–water partition coefficient (Wildman–Crippen LogP) is 4.30. The molecular weight excluding hydrogens is 393 g/mol. The third kappa shape index (κ3) is 4.04. The first-order valence-electron chi connectivity index (χ1n) is 9.46. The molecule has 1 amide bonds. The summed E-state index contributed by atoms with van der Waals surface area (Å²) in [5, 5.41) is 2.89. The number of aryl methyl sites for hydroxylation is 1. The Hall–Kier alpha value is -2.70. The first kappa shape index (κ1) is 19.6. The van der Waals surface area contributed by atoms with Crippen LogP contribution in [0.1, 0.15) is 38.9 Å². The first-order chi connectivity index (χ1) is 14.0. The van der Waals surface area contributed by atoms with Crippen LogP contribution in [0.5, 0.6) is 0 Å². The largest absolute Gasteiger partial charge is 0.447 e. The summed E-state index contributed by atoms with van der Waals surface area (Å²) in [6, 6.07) is 10.3. The van der Waals surface area contributed by atoms with Crippen LogP contribution in [0.15, 0.2) is 53.4 Å². The van der Waals surface area contributed by atoms with Crippen molar-refractivity contribution in [3.05, 3.63) is 87.8 Å². The lowest BCUT2D eigenvalue weighted by atomic mass is 9.94. The minimum atomic E-state index is -0.645. The number of aromatic nitrogens is 1. The number of halogens is 2. The average molecular weight is 414 g/mol. The summed E-state index contributed by atoms with van der Waals surface area (Å²) < 4.78 is 19.6. The second-order valence-electron chi connectivity index (χ2n) is 7.16. The van der Waals surface area contributed by atoms with E-state index in [2.05, 4.69) is 40.3 Å². The lowest BCUT2D eigenvalue weighted by molar-refractivity contribution is 0.0915. The van der Waals surface area contributed by atoms with E-state index in [0.717, 1.165) is 19.5 Å². The van der Waals surface area contributed by atoms with Crippen LogP contribution >= 0.6 is 11.6 Å². The van der Waals surface area contributed by atoms with Crippen molar-refractivity contribution in [2.45, 2.75) is 25.9 Å². The van der Waals surface area contributed by atoms with Gasteiger partial charge in [-0.3, -0.25) is 9.69 Å². The number of rotatable bonds is 5. The Bertz CT molecular complexity index is 1000. The standard InChI is InChI=1S/C22H21ClFN3O2/c1-14-4-2-5-15-12-27(9-8-16(14)15)19(20-11-25-13-29-20)10-26-22(28)21-17(23)6-3-7-18(21)24/h2-7,11,13,19H,8-10,12H2,1H3,(H,26,28). The quantitative estimate of drug-likeness (QED) is 0.677. The monoisotopic (exact) mass is 413 g/mol. The van der Waals surface area contributed by atoms with Crippen LogP contribution in [0.3, 0.4) is 0 Å². The van der Waals surface area contributed by atoms with E-state index < -0.39 is 11.7 Å². The van der Waals surface area contributed by atoms with Crippen LogP contribution in [0.2, 0.25) is 5.02 Å². The van der Waals surface area contributed by atoms with Crippen LogP contribution in [0.25, 0.3) is 0 Å². The molecule has 1 aliphatic rings. The number of hydrogen-bond donors (Lipinski definition) is 1. The number of fused-ring (bicyclic) bond motifs is 1. The summed E-state index contributed by atoms with van der Waals surface area (Å²) in [4.78, 5) is 18.9. The van der Waals surface area contributed by atoms with E-state index in [4.69, 9.17) is 16.0 Å². The fraction of sp³-hybridized carbons (Fsp3) is 0.273. The Morgan fingerprint density at radius 1 is 1.34 bits per heavy atom. The van der Waals surface area contributed by atoms with Gasteiger partial charge < -0.3 is 9.73 Å². The predicted molar refractivity (Wildman–Crippen MR) is 108 cm³/mol. The van der Waals surface area contributed by atoms with Crippen molar-refractivity contribution in [3.63, 3.8) is 0 Å². The normalized spacial score (nSPS) is 15.0. The van der Waals surface area contributed by atoms with Crippen molar-refractivity contribution in [2.24, 2.45) is 0 Å². The molecule has 2 aromatic carbocycles. The first-order valence-corrected chi connectivity index (χ1v) is 9.84. The number of nitrogens with one attached hydrogen (secondary N) is 1. The molecule has 5 nitrogen and oxygen atoms in total. The third-order valence-corrected chi connectivity index (χ3v) is 5.71. The molecule has 1 N–H and O–H groups in total. The topological polar surface area (TPSA) is 58.4 Å². The van der Waals surface area contributed by atoms with Crippen molar-refractivity contribution >= 4 is 17.5 Å². The lowest BCUT2D eigenvalue weighted by Crippen LogP contribution is -2.41. The van der Waals surface area contributed by atoms with Gasteiger partial charge in [-0.05, 0) is 42.2 Å². The average Bonchev–Trinajstić information content (AvgIpc) is 3.23. The van der Waals surface area contributed by atoms with Gasteiger partial charge in [-0.2, -0.15) is 0 Å². The second kappa shape index (κ2) is 8.35. The number of benzene rings is 2. The molecule has 0 bridgehead atoms. The zero-order valence-electron chi connectivity index (χ0n) is 16.0. The Morgan fingerprint density at radius 3 is 2.93 bits per heavy atom. The van der Waals surface area contributed by atoms with E-state index in [1.54, 1.807) is 6.20 Å². The molecule has 0 radical (unpaired) electrons. The molecule has 4 rings (SSSR count). The molecule has 2 heterocycles. The van der Waals surface area contributed by atoms with Gasteiger partial charge in [-0.25, -0.2) is 9.37 Å². The molecule has 0 fully saturated rings. The molecule has 1 aromatic heterocycles. The Labute approximate surface area is 173 Å². The van der Waals surface area contributed by atoms with E-state index in [0.29, 0.717) is 5.76 Å². The molecule has 1 unspecified atom stereocenters. The van der Waals surface area contributed by atoms with Gasteiger partial charge in [0.15, 0.2) is 6.39 Å². The van der Waals surface area contributed by atoms with Gasteiger partial charge in [0.2, 0.25) is 0 Å². The molecular formula is C22H21ClFN3O2. The molecule has 0 saturated heterocycles. The number of oxazole rings is 1. The Kier molecular flexibility index (Phi) is 5.65. The smallest absolute Gasteiger partial charge is 0.255 e. The molecule has 7 heteroatoms. The molecule has 0 saturated carbocycles. The Morgan fingerprint density at radius 2 is 2.17 bits per heavy atom. The fourth-order valence-electron chi connectivity index (χ4n) is 3.88. The fourth-order valence-corrected chi connectivity index (χ4v) is 4.13. The maximum atomic E-state index is 14.1. The zero-order valence-corrected chi connectivity index (χ0v) is 16.7. The molecule has 3 aromatic rings. The van der Waals surface area contributed by atoms with Gasteiger partial charge in [0.05, 0.1) is 22.8 Å². The molecule has 0 aliphatic carbocycles. The molecule has 150 valence electrons. The summed E-state index contributed by atoms with van der Waals surface area (Å²) in [5.74, 6) is -0.541. The van der Waals surface area contributed by atoms with E-state index in [-0.39, 0.29) is 23.2 Å². The minimum Gasteiger partial charge on any atom is -0.447 e. The molecule has 29 heavy (non-hydrogen) atoms. The van der Waals surface area contributed by atoms with Crippen molar-refractivity contribution in [1.29, 1.82) is 0 Å². The summed E-state index contributed by atoms with van der Waals surface area (Å²) in [7, 11) is 0. The highest BCUT2D eigenvalue weighted by Gasteiger charge is 2.28. The number of amides is 1. The van der Waals surface area contributed by atoms with Crippen molar-refractivity contribution in [3.8, 4) is 0 Å². The summed E-state index contributed by atoms with van der Waals surface area (Å²) in [6.45, 7) is 3.93. The maximum Gasteiger partial charge on any atom is 0.255 e. The van der Waals surface area contributed by atoms with Crippen LogP contribution < -0.4 is 5.32 Å². The van der Waals surface area contributed by atoms with E-state index in [9.17, 15) is 9.18 Å². The molecule has 0 spiro atoms. The van der Waals surface area contributed by atoms with Crippen LogP contribution in [0, 0.1) is 12.7 Å². The summed E-state index contributed by atoms with van der Waals surface area (Å²) >= 11 is 6.02. The third-order valence-electron chi connectivity index (χ3n) is 5.40. The van der Waals surface area contributed by atoms with Gasteiger partial charge >= 0.3 is 0 Å². The van der Waals surface area contributed by atoms with Gasteiger partial charge in [-0.15, -0.1) is 0 Å². The van der Waals surface area contributed by atoms with Gasteiger partial charge in [0.25, 0.3) is 5.91 Å². The highest BCUT2D eigenvalue weighted by atomic mass is 35.5. The lowest BCUT2D eigenvalue weighted by Gasteiger charge is -2.35. The highest BCUT2D eigenvalue weighted by molar-refractivity contribution is 6.33. The SMILES string of the molecule is Cc1cccc2c1CCN(C(CNC(=O)c1c(F)cccc1Cl)c1cnco1)C2. The molecule has 1 atom stereocenters. The van der Waals surface area contributed by atoms with Crippen molar-refractivity contribution < 1.29 is 13.6 Å².